The number of nitrogens with zero attached hydrogens (tertiary/aromatic N) is 1. The van der Waals surface area contributed by atoms with E-state index in [0.29, 0.717) is 10.6 Å². The molecule has 0 aliphatic carbocycles. The lowest BCUT2D eigenvalue weighted by Crippen LogP contribution is -2.49. The van der Waals surface area contributed by atoms with Gasteiger partial charge >= 0.3 is 5.97 Å². The Kier molecular flexibility index (Phi) is 3.78. The number of benzene rings is 1. The molecule has 0 radical (unpaired) electrons. The van der Waals surface area contributed by atoms with Crippen LogP contribution in [0.5, 0.6) is 0 Å². The van der Waals surface area contributed by atoms with Crippen LogP contribution >= 0.6 is 11.6 Å². The van der Waals surface area contributed by atoms with Gasteiger partial charge in [0, 0.05) is 19.0 Å². The first-order chi connectivity index (χ1) is 7.80. The quantitative estimate of drug-likeness (QED) is 0.900. The Bertz CT molecular complexity index is 444. The summed E-state index contributed by atoms with van der Waals surface area (Å²) < 4.78 is 0. The molecule has 1 aromatic carbocycles. The molecule has 1 atom stereocenters. The first kappa shape index (κ1) is 13.5. The summed E-state index contributed by atoms with van der Waals surface area (Å²) >= 11 is 5.76. The number of carboxylic acid groups (broad SMARTS) is 1. The molecule has 0 aliphatic rings. The summed E-state index contributed by atoms with van der Waals surface area (Å²) in [5.41, 5.74) is -0.886. The molecular formula is C12H14ClNO3. The number of carbonyl (C=O) groups is 2. The smallest absolute Gasteiger partial charge is 0.334 e. The number of amides is 1. The van der Waals surface area contributed by atoms with Crippen LogP contribution in [-0.2, 0) is 15.1 Å². The highest BCUT2D eigenvalue weighted by molar-refractivity contribution is 6.30. The SMILES string of the molecule is CC(=O)N(C)C(C)(C(=O)O)c1ccc(Cl)cc1. The van der Waals surface area contributed by atoms with E-state index in [-0.39, 0.29) is 5.91 Å². The largest absolute Gasteiger partial charge is 0.479 e. The normalized spacial score (nSPS) is 13.9. The lowest BCUT2D eigenvalue weighted by molar-refractivity contribution is -0.156. The Labute approximate surface area is 105 Å². The highest BCUT2D eigenvalue weighted by atomic mass is 35.5. The number of hydrogen-bond donors (Lipinski definition) is 1. The summed E-state index contributed by atoms with van der Waals surface area (Å²) in [4.78, 5) is 24.0. The average Bonchev–Trinajstić information content (AvgIpc) is 2.27. The molecule has 1 N–H and O–H groups in total. The zero-order valence-corrected chi connectivity index (χ0v) is 10.7. The molecule has 1 aromatic rings. The molecule has 0 saturated heterocycles. The second-order valence-electron chi connectivity index (χ2n) is 3.96. The molecule has 0 fully saturated rings. The summed E-state index contributed by atoms with van der Waals surface area (Å²) in [5.74, 6) is -1.40. The summed E-state index contributed by atoms with van der Waals surface area (Å²) in [5, 5.41) is 9.87. The van der Waals surface area contributed by atoms with Crippen molar-refractivity contribution < 1.29 is 14.7 Å². The standard InChI is InChI=1S/C12H14ClNO3/c1-8(15)14(3)12(2,11(16)17)9-4-6-10(13)7-5-9/h4-7H,1-3H3,(H,16,17). The van der Waals surface area contributed by atoms with E-state index in [1.165, 1.54) is 25.8 Å². The van der Waals surface area contributed by atoms with Crippen LogP contribution < -0.4 is 0 Å². The topological polar surface area (TPSA) is 57.6 Å². The van der Waals surface area contributed by atoms with Gasteiger partial charge in [-0.3, -0.25) is 4.79 Å². The van der Waals surface area contributed by atoms with E-state index in [0.717, 1.165) is 0 Å². The fourth-order valence-electron chi connectivity index (χ4n) is 1.55. The molecule has 0 heterocycles. The van der Waals surface area contributed by atoms with Gasteiger partial charge < -0.3 is 10.0 Å². The van der Waals surface area contributed by atoms with E-state index >= 15 is 0 Å². The fraction of sp³-hybridized carbons (Fsp3) is 0.333. The highest BCUT2D eigenvalue weighted by Gasteiger charge is 2.40. The van der Waals surface area contributed by atoms with E-state index in [1.807, 2.05) is 0 Å². The molecule has 0 bridgehead atoms. The van der Waals surface area contributed by atoms with Crippen molar-refractivity contribution in [3.8, 4) is 0 Å². The number of carbonyl (C=O) groups excluding carboxylic acids is 1. The predicted octanol–water partition coefficient (Wildman–Crippen LogP) is 2.12. The van der Waals surface area contributed by atoms with Gasteiger partial charge in [0.05, 0.1) is 0 Å². The number of likely N-dealkylation sites (N-methyl/N-ethyl adjacent to an activating group) is 1. The number of rotatable bonds is 3. The summed E-state index contributed by atoms with van der Waals surface area (Å²) in [6.07, 6.45) is 0. The number of carboxylic acids is 1. The minimum absolute atomic E-state index is 0.315. The first-order valence-corrected chi connectivity index (χ1v) is 5.41. The van der Waals surface area contributed by atoms with Crippen LogP contribution in [0.4, 0.5) is 0 Å². The van der Waals surface area contributed by atoms with Gasteiger partial charge in [0.25, 0.3) is 0 Å². The molecule has 0 aliphatic heterocycles. The molecule has 4 nitrogen and oxygen atoms in total. The van der Waals surface area contributed by atoms with Gasteiger partial charge in [0.15, 0.2) is 5.54 Å². The van der Waals surface area contributed by atoms with E-state index in [9.17, 15) is 14.7 Å². The van der Waals surface area contributed by atoms with Crippen molar-refractivity contribution in [2.24, 2.45) is 0 Å². The van der Waals surface area contributed by atoms with Crippen LogP contribution in [0.1, 0.15) is 19.4 Å². The molecule has 5 heteroatoms. The van der Waals surface area contributed by atoms with Crippen LogP contribution in [0.2, 0.25) is 5.02 Å². The first-order valence-electron chi connectivity index (χ1n) is 5.04. The lowest BCUT2D eigenvalue weighted by atomic mass is 9.90. The average molecular weight is 256 g/mol. The Morgan fingerprint density at radius 3 is 2.12 bits per heavy atom. The molecule has 17 heavy (non-hydrogen) atoms. The van der Waals surface area contributed by atoms with Gasteiger partial charge in [-0.25, -0.2) is 4.79 Å². The second kappa shape index (κ2) is 4.75. The van der Waals surface area contributed by atoms with Crippen molar-refractivity contribution >= 4 is 23.5 Å². The fourth-order valence-corrected chi connectivity index (χ4v) is 1.68. The van der Waals surface area contributed by atoms with Crippen molar-refractivity contribution in [2.45, 2.75) is 19.4 Å². The van der Waals surface area contributed by atoms with E-state index in [1.54, 1.807) is 24.3 Å². The maximum atomic E-state index is 11.4. The maximum Gasteiger partial charge on any atom is 0.334 e. The Balaban J connectivity index is 3.30. The molecule has 92 valence electrons. The lowest BCUT2D eigenvalue weighted by Gasteiger charge is -2.34. The molecule has 0 aromatic heterocycles. The van der Waals surface area contributed by atoms with Gasteiger partial charge in [-0.1, -0.05) is 23.7 Å². The monoisotopic (exact) mass is 255 g/mol. The molecule has 1 rings (SSSR count). The van der Waals surface area contributed by atoms with E-state index in [4.69, 9.17) is 11.6 Å². The summed E-state index contributed by atoms with van der Waals surface area (Å²) in [7, 11) is 1.46. The molecule has 1 unspecified atom stereocenters. The minimum Gasteiger partial charge on any atom is -0.479 e. The van der Waals surface area contributed by atoms with E-state index < -0.39 is 11.5 Å². The Morgan fingerprint density at radius 1 is 1.29 bits per heavy atom. The predicted molar refractivity (Wildman–Crippen MR) is 64.9 cm³/mol. The zero-order valence-electron chi connectivity index (χ0n) is 9.90. The number of halogens is 1. The molecular weight excluding hydrogens is 242 g/mol. The van der Waals surface area contributed by atoms with Gasteiger partial charge in [-0.05, 0) is 24.6 Å². The van der Waals surface area contributed by atoms with Crippen LogP contribution in [0.25, 0.3) is 0 Å². The van der Waals surface area contributed by atoms with Crippen molar-refractivity contribution in [3.05, 3.63) is 34.9 Å². The van der Waals surface area contributed by atoms with Gasteiger partial charge in [-0.2, -0.15) is 0 Å². The molecule has 1 amide bonds. The maximum absolute atomic E-state index is 11.4. The number of aliphatic carboxylic acids is 1. The third-order valence-electron chi connectivity index (χ3n) is 2.97. The van der Waals surface area contributed by atoms with Crippen LogP contribution in [0.3, 0.4) is 0 Å². The highest BCUT2D eigenvalue weighted by Crippen LogP contribution is 2.28. The van der Waals surface area contributed by atoms with Crippen molar-refractivity contribution in [1.82, 2.24) is 4.90 Å². The molecule has 0 spiro atoms. The summed E-state index contributed by atoms with van der Waals surface area (Å²) in [6.45, 7) is 2.82. The van der Waals surface area contributed by atoms with Crippen molar-refractivity contribution in [1.29, 1.82) is 0 Å². The third kappa shape index (κ3) is 2.42. The van der Waals surface area contributed by atoms with Gasteiger partial charge in [0.1, 0.15) is 0 Å². The second-order valence-corrected chi connectivity index (χ2v) is 4.40. The van der Waals surface area contributed by atoms with Gasteiger partial charge in [0.2, 0.25) is 5.91 Å². The van der Waals surface area contributed by atoms with Crippen LogP contribution in [0, 0.1) is 0 Å². The Morgan fingerprint density at radius 2 is 1.76 bits per heavy atom. The third-order valence-corrected chi connectivity index (χ3v) is 3.22. The van der Waals surface area contributed by atoms with Crippen LogP contribution in [-0.4, -0.2) is 28.9 Å². The van der Waals surface area contributed by atoms with Gasteiger partial charge in [-0.15, -0.1) is 0 Å². The van der Waals surface area contributed by atoms with Crippen LogP contribution in [0.15, 0.2) is 24.3 Å². The van der Waals surface area contributed by atoms with Crippen molar-refractivity contribution in [3.63, 3.8) is 0 Å². The Hall–Kier alpha value is -1.55. The minimum atomic E-state index is -1.39. The van der Waals surface area contributed by atoms with E-state index in [2.05, 4.69) is 0 Å². The molecule has 0 saturated carbocycles. The zero-order chi connectivity index (χ0) is 13.2. The summed E-state index contributed by atoms with van der Waals surface area (Å²) in [6, 6.07) is 6.42. The number of hydrogen-bond acceptors (Lipinski definition) is 2. The van der Waals surface area contributed by atoms with Crippen molar-refractivity contribution in [2.75, 3.05) is 7.05 Å².